The highest BCUT2D eigenvalue weighted by molar-refractivity contribution is 7.89. The Hall–Kier alpha value is -5.49. The van der Waals surface area contributed by atoms with Gasteiger partial charge >= 0.3 is 12.1 Å². The number of rotatable bonds is 19. The second kappa shape index (κ2) is 21.3. The quantitative estimate of drug-likeness (QED) is 0.0618. The van der Waals surface area contributed by atoms with E-state index in [9.17, 15) is 28.2 Å². The first-order valence-corrected chi connectivity index (χ1v) is 26.7. The van der Waals surface area contributed by atoms with Crippen molar-refractivity contribution in [1.29, 1.82) is 0 Å². The number of hydrogen-bond acceptors (Lipinski definition) is 12. The van der Waals surface area contributed by atoms with Crippen LogP contribution in [0.5, 0.6) is 5.75 Å². The van der Waals surface area contributed by atoms with Gasteiger partial charge in [-0.3, -0.25) is 0 Å². The number of ether oxygens (including phenoxy) is 4. The molecular weight excluding hydrogens is 941 g/mol. The Morgan fingerprint density at radius 1 is 0.930 bits per heavy atom. The number of thiophene rings is 1. The van der Waals surface area contributed by atoms with Crippen molar-refractivity contribution in [2.45, 2.75) is 102 Å². The van der Waals surface area contributed by atoms with E-state index >= 15 is 0 Å². The van der Waals surface area contributed by atoms with Gasteiger partial charge in [-0.2, -0.15) is 4.31 Å². The Labute approximate surface area is 422 Å². The van der Waals surface area contributed by atoms with Crippen LogP contribution in [0.2, 0.25) is 0 Å². The first-order chi connectivity index (χ1) is 33.7. The van der Waals surface area contributed by atoms with Crippen LogP contribution in [0.1, 0.15) is 79.4 Å². The number of aryl methyl sites for hydroxylation is 1. The van der Waals surface area contributed by atoms with Crippen molar-refractivity contribution in [3.63, 3.8) is 0 Å². The van der Waals surface area contributed by atoms with Crippen LogP contribution in [0.15, 0.2) is 95.9 Å². The second-order valence-electron chi connectivity index (χ2n) is 20.6. The molecule has 2 aliphatic heterocycles. The summed E-state index contributed by atoms with van der Waals surface area (Å²) in [6, 6.07) is 27.4. The molecule has 2 saturated heterocycles. The lowest BCUT2D eigenvalue weighted by atomic mass is 9.76. The molecule has 0 bridgehead atoms. The van der Waals surface area contributed by atoms with Crippen LogP contribution in [0.3, 0.4) is 0 Å². The van der Waals surface area contributed by atoms with Gasteiger partial charge in [-0.15, -0.1) is 11.3 Å². The van der Waals surface area contributed by atoms with Crippen LogP contribution in [0.4, 0.5) is 16.2 Å². The van der Waals surface area contributed by atoms with Gasteiger partial charge < -0.3 is 44.7 Å². The van der Waals surface area contributed by atoms with Crippen LogP contribution in [0.25, 0.3) is 21.6 Å². The van der Waals surface area contributed by atoms with Gasteiger partial charge in [0.15, 0.2) is 5.79 Å². The Kier molecular flexibility index (Phi) is 15.6. The average molecular weight is 1010 g/mol. The number of alkyl carbamates (subject to hydrolysis) is 1. The van der Waals surface area contributed by atoms with Gasteiger partial charge in [-0.05, 0) is 138 Å². The molecule has 1 aliphatic carbocycles. The van der Waals surface area contributed by atoms with Crippen LogP contribution in [-0.2, 0) is 50.0 Å². The number of nitrogens with one attached hydrogen (secondary N) is 2. The highest BCUT2D eigenvalue weighted by Crippen LogP contribution is 2.47. The maximum absolute atomic E-state index is 14.1. The van der Waals surface area contributed by atoms with Crippen molar-refractivity contribution < 1.29 is 47.2 Å². The topological polar surface area (TPSA) is 176 Å². The molecule has 5 aromatic rings. The van der Waals surface area contributed by atoms with Crippen molar-refractivity contribution in [1.82, 2.24) is 9.62 Å². The van der Waals surface area contributed by atoms with Crippen LogP contribution in [0, 0.1) is 17.3 Å². The Morgan fingerprint density at radius 3 is 2.30 bits per heavy atom. The van der Waals surface area contributed by atoms with Crippen molar-refractivity contribution in [2.75, 3.05) is 57.7 Å². The van der Waals surface area contributed by atoms with Gasteiger partial charge in [0.05, 0.1) is 48.8 Å². The monoisotopic (exact) mass is 1010 g/mol. The summed E-state index contributed by atoms with van der Waals surface area (Å²) in [4.78, 5) is 30.8. The minimum atomic E-state index is -4.07. The normalized spacial score (nSPS) is 20.3. The molecule has 1 aromatic heterocycles. The van der Waals surface area contributed by atoms with Gasteiger partial charge in [-0.1, -0.05) is 64.1 Å². The van der Waals surface area contributed by atoms with E-state index in [0.717, 1.165) is 73.8 Å². The van der Waals surface area contributed by atoms with Gasteiger partial charge in [0.25, 0.3) is 0 Å². The minimum Gasteiger partial charge on any atom is -0.497 e. The fourth-order valence-corrected chi connectivity index (χ4v) is 13.1. The lowest BCUT2D eigenvalue weighted by molar-refractivity contribution is -0.181. The van der Waals surface area contributed by atoms with E-state index in [1.165, 1.54) is 23.5 Å². The third-order valence-electron chi connectivity index (χ3n) is 14.1. The third kappa shape index (κ3) is 11.7. The van der Waals surface area contributed by atoms with Crippen molar-refractivity contribution in [3.8, 4) is 27.3 Å². The molecule has 380 valence electrons. The zero-order valence-corrected chi connectivity index (χ0v) is 43.6. The summed E-state index contributed by atoms with van der Waals surface area (Å²) in [5.41, 5.74) is 7.89. The molecular formula is C55H68N4O10S2. The Bertz CT molecular complexity index is 2790. The van der Waals surface area contributed by atoms with Crippen molar-refractivity contribution >= 4 is 44.8 Å². The first-order valence-electron chi connectivity index (χ1n) is 24.4. The summed E-state index contributed by atoms with van der Waals surface area (Å²) in [6.45, 7) is 10.9. The zero-order valence-electron chi connectivity index (χ0n) is 42.0. The standard InChI is InChI=1S/C55H68N4O10S2/c1-34(2)31-59(71(64,65)42-20-18-41(66-8)19-21-42)32-47(60)46(57-53(63)69-48-33-68-55(5)45(48)24-26-67-55)27-35-9-14-39(15-10-35)56-30-38-28-37(36-11-16-40(17-12-36)58(6)7)13-22-43(38)51-50(52(61)62)44-29-54(3,4)25-23-49(44)70-51/h9-22,28,34,45-48,56,60H,23-27,29-33H2,1-8H3,(H,57,63)(H,61,62)/t45-,46-,47+,48-,55+/m0/s1. The fourth-order valence-electron chi connectivity index (χ4n) is 10.1. The first kappa shape index (κ1) is 51.9. The summed E-state index contributed by atoms with van der Waals surface area (Å²) in [7, 11) is 1.45. The van der Waals surface area contributed by atoms with E-state index in [0.29, 0.717) is 30.9 Å². The molecule has 71 heavy (non-hydrogen) atoms. The molecule has 0 unspecified atom stereocenters. The molecule has 0 saturated carbocycles. The number of anilines is 2. The van der Waals surface area contributed by atoms with E-state index in [1.807, 2.05) is 59.1 Å². The van der Waals surface area contributed by atoms with Gasteiger partial charge in [0.2, 0.25) is 10.0 Å². The number of sulfonamides is 1. The number of amides is 1. The minimum absolute atomic E-state index is 0.0112. The van der Waals surface area contributed by atoms with Crippen LogP contribution < -0.4 is 20.3 Å². The molecule has 0 spiro atoms. The van der Waals surface area contributed by atoms with E-state index in [4.69, 9.17) is 18.9 Å². The maximum Gasteiger partial charge on any atom is 0.407 e. The number of carbonyl (C=O) groups excluding carboxylic acids is 1. The molecule has 4 aromatic carbocycles. The van der Waals surface area contributed by atoms with Gasteiger partial charge in [-0.25, -0.2) is 18.0 Å². The fraction of sp³-hybridized carbons (Fsp3) is 0.455. The van der Waals surface area contributed by atoms with Crippen molar-refractivity contribution in [2.24, 2.45) is 17.3 Å². The van der Waals surface area contributed by atoms with Crippen molar-refractivity contribution in [3.05, 3.63) is 118 Å². The molecule has 2 fully saturated rings. The van der Waals surface area contributed by atoms with E-state index in [-0.39, 0.29) is 48.3 Å². The lowest BCUT2D eigenvalue weighted by Crippen LogP contribution is -2.51. The summed E-state index contributed by atoms with van der Waals surface area (Å²) in [6.07, 6.45) is 0.730. The maximum atomic E-state index is 14.1. The number of aromatic carboxylic acids is 1. The summed E-state index contributed by atoms with van der Waals surface area (Å²) < 4.78 is 52.4. The highest BCUT2D eigenvalue weighted by Gasteiger charge is 2.53. The second-order valence-corrected chi connectivity index (χ2v) is 23.7. The zero-order chi connectivity index (χ0) is 50.8. The number of carboxylic acids is 1. The van der Waals surface area contributed by atoms with Crippen LogP contribution >= 0.6 is 11.3 Å². The smallest absolute Gasteiger partial charge is 0.407 e. The molecule has 1 amide bonds. The number of methoxy groups -OCH3 is 1. The van der Waals surface area contributed by atoms with E-state index in [2.05, 4.69) is 71.8 Å². The number of hydrogen-bond donors (Lipinski definition) is 4. The molecule has 16 heteroatoms. The number of aliphatic hydroxyl groups excluding tert-OH is 1. The SMILES string of the molecule is COc1ccc(S(=O)(=O)N(CC(C)C)C[C@@H](O)[C@H](Cc2ccc(NCc3cc(-c4ccc(N(C)C)cc4)ccc3-c3sc4c(c3C(=O)O)CC(C)(C)CC4)cc2)NC(=O)O[C@H]2CO[C@@]3(C)OCC[C@@H]23)cc1. The van der Waals surface area contributed by atoms with Gasteiger partial charge in [0.1, 0.15) is 11.9 Å². The molecule has 8 rings (SSSR count). The third-order valence-corrected chi connectivity index (χ3v) is 17.3. The van der Waals surface area contributed by atoms with Gasteiger partial charge in [0, 0.05) is 54.9 Å². The summed E-state index contributed by atoms with van der Waals surface area (Å²) in [5, 5.41) is 29.2. The number of carbonyl (C=O) groups is 2. The number of benzene rings is 4. The number of carboxylic acid groups (broad SMARTS) is 1. The van der Waals surface area contributed by atoms with E-state index in [1.54, 1.807) is 23.5 Å². The summed E-state index contributed by atoms with van der Waals surface area (Å²) in [5.74, 6) is -1.46. The predicted octanol–water partition coefficient (Wildman–Crippen LogP) is 9.48. The molecule has 5 atom stereocenters. The predicted molar refractivity (Wildman–Crippen MR) is 278 cm³/mol. The molecule has 3 heterocycles. The molecule has 0 radical (unpaired) electrons. The highest BCUT2D eigenvalue weighted by atomic mass is 32.2. The molecule has 14 nitrogen and oxygen atoms in total. The van der Waals surface area contributed by atoms with E-state index < -0.39 is 46.1 Å². The Morgan fingerprint density at radius 2 is 1.63 bits per heavy atom. The molecule has 4 N–H and O–H groups in total. The Balaban J connectivity index is 1.05. The number of aliphatic hydroxyl groups is 1. The summed E-state index contributed by atoms with van der Waals surface area (Å²) >= 11 is 1.59. The number of fused-ring (bicyclic) bond motifs is 2. The number of nitrogens with zero attached hydrogens (tertiary/aromatic N) is 2. The largest absolute Gasteiger partial charge is 0.497 e. The van der Waals surface area contributed by atoms with Crippen LogP contribution in [-0.4, -0.2) is 107 Å². The average Bonchev–Trinajstić information content (AvgIpc) is 4.00. The molecule has 3 aliphatic rings. The lowest BCUT2D eigenvalue weighted by Gasteiger charge is -2.31.